The zero-order valence-electron chi connectivity index (χ0n) is 17.7. The van der Waals surface area contributed by atoms with E-state index in [1.165, 1.54) is 0 Å². The SMILES string of the molecule is COCCNC(=O)c1cc([C@H]2CCN(C(=O)Cc3ccccc3)C2)nc2ccccc12. The van der Waals surface area contributed by atoms with Crippen LogP contribution in [0.25, 0.3) is 10.9 Å². The first-order valence-electron chi connectivity index (χ1n) is 10.6. The molecule has 4 rings (SSSR count). The number of fused-ring (bicyclic) bond motifs is 1. The summed E-state index contributed by atoms with van der Waals surface area (Å²) in [7, 11) is 1.61. The van der Waals surface area contributed by atoms with E-state index in [0.29, 0.717) is 38.2 Å². The lowest BCUT2D eigenvalue weighted by Gasteiger charge is -2.17. The molecule has 6 nitrogen and oxygen atoms in total. The smallest absolute Gasteiger partial charge is 0.252 e. The number of pyridine rings is 1. The Morgan fingerprint density at radius 2 is 1.90 bits per heavy atom. The summed E-state index contributed by atoms with van der Waals surface area (Å²) in [5, 5.41) is 3.74. The summed E-state index contributed by atoms with van der Waals surface area (Å²) < 4.78 is 5.03. The summed E-state index contributed by atoms with van der Waals surface area (Å²) in [4.78, 5) is 32.3. The van der Waals surface area contributed by atoms with Crippen molar-refractivity contribution in [2.45, 2.75) is 18.8 Å². The second-order valence-corrected chi connectivity index (χ2v) is 7.85. The molecule has 0 aliphatic carbocycles. The number of hydrogen-bond acceptors (Lipinski definition) is 4. The number of aromatic nitrogens is 1. The van der Waals surface area contributed by atoms with E-state index < -0.39 is 0 Å². The van der Waals surface area contributed by atoms with Gasteiger partial charge in [-0.25, -0.2) is 0 Å². The summed E-state index contributed by atoms with van der Waals surface area (Å²) in [5.41, 5.74) is 3.30. The first kappa shape index (κ1) is 21.0. The molecule has 3 aromatic rings. The minimum atomic E-state index is -0.132. The molecule has 0 unspecified atom stereocenters. The zero-order chi connectivity index (χ0) is 21.6. The van der Waals surface area contributed by atoms with Crippen molar-refractivity contribution in [2.24, 2.45) is 0 Å². The van der Waals surface area contributed by atoms with Gasteiger partial charge >= 0.3 is 0 Å². The number of hydrogen-bond donors (Lipinski definition) is 1. The van der Waals surface area contributed by atoms with Crippen molar-refractivity contribution < 1.29 is 14.3 Å². The molecule has 0 radical (unpaired) electrons. The predicted molar refractivity (Wildman–Crippen MR) is 120 cm³/mol. The van der Waals surface area contributed by atoms with Crippen LogP contribution < -0.4 is 5.32 Å². The van der Waals surface area contributed by atoms with E-state index in [2.05, 4.69) is 5.32 Å². The quantitative estimate of drug-likeness (QED) is 0.600. The van der Waals surface area contributed by atoms with E-state index in [-0.39, 0.29) is 17.7 Å². The van der Waals surface area contributed by atoms with Crippen molar-refractivity contribution in [2.75, 3.05) is 33.4 Å². The van der Waals surface area contributed by atoms with Crippen LogP contribution in [0.3, 0.4) is 0 Å². The van der Waals surface area contributed by atoms with Crippen molar-refractivity contribution in [1.82, 2.24) is 15.2 Å². The van der Waals surface area contributed by atoms with Gasteiger partial charge in [0.15, 0.2) is 0 Å². The third-order valence-electron chi connectivity index (χ3n) is 5.73. The van der Waals surface area contributed by atoms with Gasteiger partial charge in [0.1, 0.15) is 0 Å². The van der Waals surface area contributed by atoms with Crippen LogP contribution in [0.15, 0.2) is 60.7 Å². The van der Waals surface area contributed by atoms with Crippen LogP contribution in [-0.4, -0.2) is 55.0 Å². The van der Waals surface area contributed by atoms with Crippen LogP contribution in [0, 0.1) is 0 Å². The number of carbonyl (C=O) groups excluding carboxylic acids is 2. The Labute approximate surface area is 182 Å². The zero-order valence-corrected chi connectivity index (χ0v) is 17.7. The average Bonchev–Trinajstić information content (AvgIpc) is 3.30. The van der Waals surface area contributed by atoms with Gasteiger partial charge in [0, 0.05) is 43.7 Å². The van der Waals surface area contributed by atoms with Gasteiger partial charge in [-0.2, -0.15) is 0 Å². The van der Waals surface area contributed by atoms with Gasteiger partial charge in [-0.3, -0.25) is 14.6 Å². The number of likely N-dealkylation sites (tertiary alicyclic amines) is 1. The van der Waals surface area contributed by atoms with Crippen molar-refractivity contribution in [1.29, 1.82) is 0 Å². The molecule has 1 saturated heterocycles. The minimum absolute atomic E-state index is 0.120. The van der Waals surface area contributed by atoms with Gasteiger partial charge in [-0.1, -0.05) is 48.5 Å². The second-order valence-electron chi connectivity index (χ2n) is 7.85. The average molecular weight is 418 g/mol. The second kappa shape index (κ2) is 9.71. The van der Waals surface area contributed by atoms with Crippen LogP contribution in [0.4, 0.5) is 0 Å². The molecule has 1 atom stereocenters. The highest BCUT2D eigenvalue weighted by atomic mass is 16.5. The molecule has 2 amide bonds. The van der Waals surface area contributed by atoms with Crippen molar-refractivity contribution >= 4 is 22.7 Å². The highest BCUT2D eigenvalue weighted by Gasteiger charge is 2.29. The third kappa shape index (κ3) is 4.91. The molecule has 1 N–H and O–H groups in total. The highest BCUT2D eigenvalue weighted by Crippen LogP contribution is 2.29. The summed E-state index contributed by atoms with van der Waals surface area (Å²) in [6.45, 7) is 2.25. The number of nitrogens with one attached hydrogen (secondary N) is 1. The van der Waals surface area contributed by atoms with Gasteiger partial charge in [-0.15, -0.1) is 0 Å². The molecular formula is C25H27N3O3. The molecule has 31 heavy (non-hydrogen) atoms. The molecule has 0 saturated carbocycles. The Balaban J connectivity index is 1.53. The number of para-hydroxylation sites is 1. The monoisotopic (exact) mass is 417 g/mol. The number of nitrogens with zero attached hydrogens (tertiary/aromatic N) is 2. The Kier molecular flexibility index (Phi) is 6.57. The minimum Gasteiger partial charge on any atom is -0.383 e. The molecule has 2 aromatic carbocycles. The molecule has 1 aromatic heterocycles. The summed E-state index contributed by atoms with van der Waals surface area (Å²) in [5.74, 6) is 0.119. The number of carbonyl (C=O) groups is 2. The summed E-state index contributed by atoms with van der Waals surface area (Å²) in [6, 6.07) is 19.4. The predicted octanol–water partition coefficient (Wildman–Crippen LogP) is 3.17. The molecule has 1 aliphatic heterocycles. The third-order valence-corrected chi connectivity index (χ3v) is 5.73. The molecule has 1 fully saturated rings. The Morgan fingerprint density at radius 3 is 2.71 bits per heavy atom. The van der Waals surface area contributed by atoms with Crippen LogP contribution in [0.5, 0.6) is 0 Å². The number of amides is 2. The topological polar surface area (TPSA) is 71.5 Å². The van der Waals surface area contributed by atoms with Crippen LogP contribution in [-0.2, 0) is 16.0 Å². The van der Waals surface area contributed by atoms with E-state index in [4.69, 9.17) is 9.72 Å². The maximum Gasteiger partial charge on any atom is 0.252 e. The maximum absolute atomic E-state index is 12.8. The highest BCUT2D eigenvalue weighted by molar-refractivity contribution is 6.06. The Morgan fingerprint density at radius 1 is 1.13 bits per heavy atom. The van der Waals surface area contributed by atoms with E-state index in [1.54, 1.807) is 7.11 Å². The van der Waals surface area contributed by atoms with E-state index in [0.717, 1.165) is 28.6 Å². The number of benzene rings is 2. The lowest BCUT2D eigenvalue weighted by molar-refractivity contribution is -0.129. The van der Waals surface area contributed by atoms with Crippen LogP contribution >= 0.6 is 0 Å². The first-order valence-corrected chi connectivity index (χ1v) is 10.6. The fourth-order valence-electron chi connectivity index (χ4n) is 4.07. The molecular weight excluding hydrogens is 390 g/mol. The Hall–Kier alpha value is -3.25. The van der Waals surface area contributed by atoms with E-state index in [9.17, 15) is 9.59 Å². The van der Waals surface area contributed by atoms with Crippen LogP contribution in [0.1, 0.15) is 34.0 Å². The fraction of sp³-hybridized carbons (Fsp3) is 0.320. The fourth-order valence-corrected chi connectivity index (χ4v) is 4.07. The molecule has 160 valence electrons. The summed E-state index contributed by atoms with van der Waals surface area (Å²) >= 11 is 0. The van der Waals surface area contributed by atoms with Crippen LogP contribution in [0.2, 0.25) is 0 Å². The van der Waals surface area contributed by atoms with Gasteiger partial charge in [-0.05, 0) is 24.1 Å². The first-order chi connectivity index (χ1) is 15.2. The van der Waals surface area contributed by atoms with Crippen molar-refractivity contribution in [3.05, 3.63) is 77.5 Å². The van der Waals surface area contributed by atoms with E-state index >= 15 is 0 Å². The van der Waals surface area contributed by atoms with Gasteiger partial charge in [0.2, 0.25) is 5.91 Å². The number of methoxy groups -OCH3 is 1. The summed E-state index contributed by atoms with van der Waals surface area (Å²) in [6.07, 6.45) is 1.25. The maximum atomic E-state index is 12.8. The van der Waals surface area contributed by atoms with E-state index in [1.807, 2.05) is 65.6 Å². The molecule has 6 heteroatoms. The normalized spacial score (nSPS) is 15.9. The molecule has 0 bridgehead atoms. The largest absolute Gasteiger partial charge is 0.383 e. The van der Waals surface area contributed by atoms with Crippen molar-refractivity contribution in [3.8, 4) is 0 Å². The molecule has 2 heterocycles. The number of ether oxygens (including phenoxy) is 1. The lowest BCUT2D eigenvalue weighted by atomic mass is 9.99. The van der Waals surface area contributed by atoms with Gasteiger partial charge < -0.3 is 15.0 Å². The Bertz CT molecular complexity index is 1070. The number of rotatable bonds is 7. The van der Waals surface area contributed by atoms with Gasteiger partial charge in [0.05, 0.1) is 24.1 Å². The standard InChI is InChI=1S/C25H27N3O3/c1-31-14-12-26-25(30)21-16-23(27-22-10-6-5-9-20(21)22)19-11-13-28(17-19)24(29)15-18-7-3-2-4-8-18/h2-10,16,19H,11-15,17H2,1H3,(H,26,30)/t19-/m0/s1. The molecule has 0 spiro atoms. The lowest BCUT2D eigenvalue weighted by Crippen LogP contribution is -2.30. The van der Waals surface area contributed by atoms with Gasteiger partial charge in [0.25, 0.3) is 5.91 Å². The van der Waals surface area contributed by atoms with Crippen molar-refractivity contribution in [3.63, 3.8) is 0 Å². The molecule has 1 aliphatic rings.